The number of allylic oxidation sites excluding steroid dienone is 2. The number of aliphatic hydroxyl groups is 1. The fraction of sp³-hybridized carbons (Fsp3) is 0.909. The molecule has 5 aliphatic rings. The Morgan fingerprint density at radius 1 is 1.18 bits per heavy atom. The number of hydrogen-bond donors (Lipinski definition) is 1. The quantitative estimate of drug-likeness (QED) is 0.144. The highest BCUT2D eigenvalue weighted by Gasteiger charge is 2.83. The molecular weight excluding hydrogens is 503 g/mol. The van der Waals surface area contributed by atoms with E-state index in [0.29, 0.717) is 17.8 Å². The molecule has 1 spiro atoms. The van der Waals surface area contributed by atoms with E-state index in [9.17, 15) is 9.90 Å². The molecule has 39 heavy (non-hydrogen) atoms. The Labute approximate surface area is 245 Å². The molecule has 5 saturated carbocycles. The van der Waals surface area contributed by atoms with Gasteiger partial charge in [0.2, 0.25) is 7.09 Å². The summed E-state index contributed by atoms with van der Waals surface area (Å²) in [6.07, 6.45) is 12.7. The van der Waals surface area contributed by atoms with E-state index in [1.807, 2.05) is 0 Å². The minimum atomic E-state index is -0.336. The molecule has 9 unspecified atom stereocenters. The molecule has 0 saturated heterocycles. The largest absolute Gasteiger partial charge is 0.462 e. The zero-order valence-corrected chi connectivity index (χ0v) is 26.7. The molecule has 5 fully saturated rings. The zero-order valence-electron chi connectivity index (χ0n) is 26.8. The van der Waals surface area contributed by atoms with Gasteiger partial charge < -0.3 is 14.0 Å². The Bertz CT molecular complexity index is 1020. The maximum absolute atomic E-state index is 12.5. The van der Waals surface area contributed by atoms with Crippen molar-refractivity contribution in [1.29, 1.82) is 1.34 Å². The molecule has 219 valence electrons. The highest BCUT2D eigenvalue weighted by Crippen LogP contribution is 2.86. The van der Waals surface area contributed by atoms with Crippen LogP contribution in [-0.2, 0) is 13.7 Å². The Hall–Kier alpha value is -0.455. The Kier molecular flexibility index (Phi) is 7.40. The van der Waals surface area contributed by atoms with Gasteiger partial charge >= 0.3 is 5.97 Å². The summed E-state index contributed by atoms with van der Waals surface area (Å²) in [5.41, 5.74) is 1.59. The third-order valence-electron chi connectivity index (χ3n) is 14.0. The number of aliphatic hydroxyl groups excluding tert-OH is 1. The topological polar surface area (TPSA) is 55.8 Å². The molecule has 5 aliphatic carbocycles. The first-order valence-corrected chi connectivity index (χ1v) is 16.6. The standard InChI is InChI=1S/C33H54BO4S/c1-9-32(14-10-11-20(2)3)19-33(32)26-17-24(36)28-29(6)15-13-25(38-39-34)21(4)23(29)12-16-30(28,7)31(26,8)18-27(33)37-22(5)35/h11,21,23-28,34,36H,9-10,12-19H2,1-8H3/t21?,23?,24?,25?,26?,27-,28?,29-,30?,31-,32?,33?/m0/s1/i34T. The van der Waals surface area contributed by atoms with Gasteiger partial charge in [-0.3, -0.25) is 4.79 Å². The summed E-state index contributed by atoms with van der Waals surface area (Å²) in [6, 6.07) is 0. The molecule has 0 aromatic rings. The molecule has 1 N–H and O–H groups in total. The second-order valence-corrected chi connectivity index (χ2v) is 15.8. The first-order chi connectivity index (χ1) is 18.8. The van der Waals surface area contributed by atoms with E-state index in [2.05, 4.69) is 54.5 Å². The SMILES string of the molecule is [3H][B]SOC1CC[C@@]2(C)C(CCC3(C)C2C(O)CC2C4(CC4(CC)CCC=C(C)C)[C@@H](OC(C)=O)C[C@@]23C)C1C. The van der Waals surface area contributed by atoms with E-state index < -0.39 is 0 Å². The first kappa shape index (κ1) is 28.7. The van der Waals surface area contributed by atoms with Crippen LogP contribution in [0.2, 0.25) is 0 Å². The van der Waals surface area contributed by atoms with Crippen LogP contribution in [0.3, 0.4) is 0 Å². The van der Waals surface area contributed by atoms with Crippen LogP contribution in [0.25, 0.3) is 0 Å². The normalized spacial score (nSPS) is 52.2. The Balaban J connectivity index is 1.51. The molecule has 6 heteroatoms. The van der Waals surface area contributed by atoms with Gasteiger partial charge in [0.15, 0.2) is 0 Å². The van der Waals surface area contributed by atoms with Crippen molar-refractivity contribution in [3.05, 3.63) is 11.6 Å². The van der Waals surface area contributed by atoms with Crippen LogP contribution in [0.5, 0.6) is 0 Å². The molecule has 4 nitrogen and oxygen atoms in total. The summed E-state index contributed by atoms with van der Waals surface area (Å²) in [5.74, 6) is 1.36. The summed E-state index contributed by atoms with van der Waals surface area (Å²) in [6.45, 7) is 18.1. The maximum Gasteiger partial charge on any atom is 0.302 e. The number of rotatable bonds is 8. The molecule has 1 radical (unpaired) electrons. The second kappa shape index (κ2) is 10.1. The number of fused-ring (bicyclic) bond motifs is 6. The minimum Gasteiger partial charge on any atom is -0.462 e. The zero-order chi connectivity index (χ0) is 29.3. The van der Waals surface area contributed by atoms with Crippen molar-refractivity contribution in [2.75, 3.05) is 0 Å². The second-order valence-electron chi connectivity index (χ2n) is 15.4. The number of ether oxygens (including phenoxy) is 1. The highest BCUT2D eigenvalue weighted by atomic mass is 32.2. The minimum absolute atomic E-state index is 0.0123. The van der Waals surface area contributed by atoms with Crippen LogP contribution in [0.15, 0.2) is 11.6 Å². The van der Waals surface area contributed by atoms with Gasteiger partial charge in [-0.15, -0.1) is 0 Å². The van der Waals surface area contributed by atoms with Crippen molar-refractivity contribution < 1.29 is 18.8 Å². The van der Waals surface area contributed by atoms with E-state index in [0.717, 1.165) is 76.1 Å². The van der Waals surface area contributed by atoms with Gasteiger partial charge in [-0.2, -0.15) is 0 Å². The van der Waals surface area contributed by atoms with Gasteiger partial charge in [-0.25, -0.2) is 0 Å². The van der Waals surface area contributed by atoms with Crippen molar-refractivity contribution in [2.24, 2.45) is 50.7 Å². The van der Waals surface area contributed by atoms with Gasteiger partial charge in [0.05, 0.1) is 12.2 Å². The highest BCUT2D eigenvalue weighted by molar-refractivity contribution is 8.15. The smallest absolute Gasteiger partial charge is 0.302 e. The molecule has 5 rings (SSSR count). The lowest BCUT2D eigenvalue weighted by molar-refractivity contribution is -0.239. The first-order valence-electron chi connectivity index (χ1n) is 16.3. The fourth-order valence-corrected chi connectivity index (χ4v) is 12.6. The lowest BCUT2D eigenvalue weighted by Gasteiger charge is -2.69. The predicted octanol–water partition coefficient (Wildman–Crippen LogP) is 7.56. The van der Waals surface area contributed by atoms with Crippen molar-refractivity contribution in [3.8, 4) is 0 Å². The van der Waals surface area contributed by atoms with Gasteiger partial charge in [-0.1, -0.05) is 58.2 Å². The van der Waals surface area contributed by atoms with Crippen molar-refractivity contribution in [1.82, 2.24) is 0 Å². The summed E-state index contributed by atoms with van der Waals surface area (Å²) in [4.78, 5) is 12.5. The van der Waals surface area contributed by atoms with Crippen molar-refractivity contribution in [3.63, 3.8) is 0 Å². The number of carbonyl (C=O) groups is 1. The van der Waals surface area contributed by atoms with E-state index in [-0.39, 0.29) is 57.3 Å². The molecule has 0 aliphatic heterocycles. The average Bonchev–Trinajstić information content (AvgIpc) is 3.47. The Morgan fingerprint density at radius 3 is 2.56 bits per heavy atom. The van der Waals surface area contributed by atoms with Crippen LogP contribution in [-0.4, -0.2) is 37.8 Å². The number of esters is 1. The van der Waals surface area contributed by atoms with E-state index in [4.69, 9.17) is 10.3 Å². The molecule has 0 heterocycles. The van der Waals surface area contributed by atoms with Gasteiger partial charge in [0.25, 0.3) is 0 Å². The summed E-state index contributed by atoms with van der Waals surface area (Å²) in [7, 11) is 1.29. The molecule has 0 amide bonds. The van der Waals surface area contributed by atoms with Gasteiger partial charge in [0.1, 0.15) is 6.10 Å². The van der Waals surface area contributed by atoms with Gasteiger partial charge in [0, 0.05) is 12.3 Å². The lowest BCUT2D eigenvalue weighted by Crippen LogP contribution is -2.66. The van der Waals surface area contributed by atoms with E-state index in [1.165, 1.54) is 12.7 Å². The molecule has 0 aromatic carbocycles. The third-order valence-corrected chi connectivity index (χ3v) is 14.3. The third kappa shape index (κ3) is 4.10. The van der Waals surface area contributed by atoms with Crippen LogP contribution < -0.4 is 0 Å². The molecule has 0 bridgehead atoms. The van der Waals surface area contributed by atoms with Crippen LogP contribution in [0, 0.1) is 50.7 Å². The van der Waals surface area contributed by atoms with Crippen LogP contribution in [0.1, 0.15) is 120 Å². The number of carbonyl (C=O) groups excluding carboxylic acids is 1. The molecular formula is C33H54BO4S. The van der Waals surface area contributed by atoms with Crippen LogP contribution >= 0.6 is 11.9 Å². The van der Waals surface area contributed by atoms with Crippen LogP contribution in [0.4, 0.5) is 0 Å². The lowest BCUT2D eigenvalue weighted by atomic mass is 9.36. The monoisotopic (exact) mass is 559 g/mol. The van der Waals surface area contributed by atoms with Crippen molar-refractivity contribution in [2.45, 2.75) is 138 Å². The van der Waals surface area contributed by atoms with Gasteiger partial charge in [-0.05, 0) is 125 Å². The summed E-state index contributed by atoms with van der Waals surface area (Å²) >= 11 is 1.16. The number of hydrogen-bond acceptors (Lipinski definition) is 5. The van der Waals surface area contributed by atoms with E-state index in [1.54, 1.807) is 6.92 Å². The van der Waals surface area contributed by atoms with Crippen molar-refractivity contribution >= 4 is 25.0 Å². The maximum atomic E-state index is 12.5. The van der Waals surface area contributed by atoms with E-state index >= 15 is 0 Å². The molecule has 0 aromatic heterocycles. The molecule has 12 atom stereocenters. The summed E-state index contributed by atoms with van der Waals surface area (Å²) in [5, 5.41) is 12.3. The average molecular weight is 560 g/mol. The predicted molar refractivity (Wildman–Crippen MR) is 161 cm³/mol. The Morgan fingerprint density at radius 2 is 1.92 bits per heavy atom. The fourth-order valence-electron chi connectivity index (χ4n) is 12.2. The summed E-state index contributed by atoms with van der Waals surface area (Å²) < 4.78 is 19.8.